The van der Waals surface area contributed by atoms with Gasteiger partial charge in [-0.25, -0.2) is 0 Å². The fourth-order valence-corrected chi connectivity index (χ4v) is 7.22. The summed E-state index contributed by atoms with van der Waals surface area (Å²) in [5, 5.41) is 0. The van der Waals surface area contributed by atoms with Gasteiger partial charge in [-0.1, -0.05) is 43.6 Å². The minimum Gasteiger partial charge on any atom is -0.299 e. The molecule has 2 fully saturated rings. The van der Waals surface area contributed by atoms with Crippen LogP contribution in [-0.4, -0.2) is 5.78 Å². The molecule has 24 heavy (non-hydrogen) atoms. The van der Waals surface area contributed by atoms with E-state index in [1.54, 1.807) is 16.7 Å². The summed E-state index contributed by atoms with van der Waals surface area (Å²) in [5.74, 6) is 3.88. The summed E-state index contributed by atoms with van der Waals surface area (Å²) in [7, 11) is 0. The second kappa shape index (κ2) is 6.15. The summed E-state index contributed by atoms with van der Waals surface area (Å²) in [5.41, 5.74) is 5.35. The molecule has 4 aliphatic rings. The van der Waals surface area contributed by atoms with Crippen LogP contribution in [0.5, 0.6) is 0 Å². The van der Waals surface area contributed by atoms with Crippen molar-refractivity contribution in [3.8, 4) is 0 Å². The molecule has 0 saturated heterocycles. The molecule has 0 spiro atoms. The van der Waals surface area contributed by atoms with E-state index in [-0.39, 0.29) is 0 Å². The van der Waals surface area contributed by atoms with Crippen LogP contribution < -0.4 is 0 Å². The molecule has 0 aliphatic heterocycles. The molecule has 4 aliphatic carbocycles. The Morgan fingerprint density at radius 2 is 2.00 bits per heavy atom. The summed E-state index contributed by atoms with van der Waals surface area (Å²) < 4.78 is 0. The zero-order valence-corrected chi connectivity index (χ0v) is 15.7. The molecule has 132 valence electrons. The number of allylic oxidation sites excluding steroid dienone is 3. The first-order chi connectivity index (χ1) is 11.5. The predicted molar refractivity (Wildman–Crippen MR) is 99.7 cm³/mol. The van der Waals surface area contributed by atoms with Crippen LogP contribution in [0.2, 0.25) is 0 Å². The summed E-state index contributed by atoms with van der Waals surface area (Å²) in [6, 6.07) is 0. The van der Waals surface area contributed by atoms with Crippen molar-refractivity contribution in [2.75, 3.05) is 0 Å². The van der Waals surface area contributed by atoms with Crippen molar-refractivity contribution in [2.24, 2.45) is 29.1 Å². The Labute approximate surface area is 148 Å². The molecular formula is C23H34O. The van der Waals surface area contributed by atoms with E-state index in [4.69, 9.17) is 0 Å². The molecule has 0 aromatic rings. The Balaban J connectivity index is 1.58. The van der Waals surface area contributed by atoms with E-state index in [1.807, 2.05) is 0 Å². The summed E-state index contributed by atoms with van der Waals surface area (Å²) in [6.45, 7) is 9.38. The van der Waals surface area contributed by atoms with Crippen molar-refractivity contribution < 1.29 is 4.79 Å². The third-order valence-electron chi connectivity index (χ3n) is 8.27. The van der Waals surface area contributed by atoms with Gasteiger partial charge < -0.3 is 0 Å². The second-order valence-corrected chi connectivity index (χ2v) is 9.34. The number of carbonyl (C=O) groups excluding carboxylic acids is 1. The highest BCUT2D eigenvalue weighted by Gasteiger charge is 2.55. The number of ketones is 1. The maximum Gasteiger partial charge on any atom is 0.137 e. The van der Waals surface area contributed by atoms with Crippen molar-refractivity contribution in [1.82, 2.24) is 0 Å². The van der Waals surface area contributed by atoms with Crippen LogP contribution in [0.1, 0.15) is 84.5 Å². The van der Waals surface area contributed by atoms with Gasteiger partial charge in [-0.3, -0.25) is 4.79 Å². The molecule has 1 nitrogen and oxygen atoms in total. The number of fused-ring (bicyclic) bond motifs is 4. The Morgan fingerprint density at radius 1 is 1.17 bits per heavy atom. The maximum absolute atomic E-state index is 11.8. The fourth-order valence-electron chi connectivity index (χ4n) is 7.22. The monoisotopic (exact) mass is 326 g/mol. The molecule has 0 heterocycles. The highest BCUT2D eigenvalue weighted by atomic mass is 16.1. The van der Waals surface area contributed by atoms with E-state index in [1.165, 1.54) is 51.4 Å². The van der Waals surface area contributed by atoms with Crippen molar-refractivity contribution >= 4 is 5.78 Å². The topological polar surface area (TPSA) is 17.1 Å². The van der Waals surface area contributed by atoms with E-state index in [0.29, 0.717) is 11.2 Å². The molecule has 0 aromatic heterocycles. The van der Waals surface area contributed by atoms with Gasteiger partial charge in [-0.2, -0.15) is 0 Å². The van der Waals surface area contributed by atoms with Crippen LogP contribution in [0, 0.1) is 29.1 Å². The molecule has 0 bridgehead atoms. The number of hydrogen-bond acceptors (Lipinski definition) is 1. The minimum absolute atomic E-state index is 0.490. The molecule has 5 atom stereocenters. The SMILES string of the molecule is C=C(CCC)C1CCC2C3CCC4=C(CCC(=O)C4)C3CCC12C. The molecule has 1 heteroatoms. The molecule has 0 aromatic carbocycles. The van der Waals surface area contributed by atoms with Crippen LogP contribution in [0.15, 0.2) is 23.3 Å². The van der Waals surface area contributed by atoms with Gasteiger partial charge in [0.25, 0.3) is 0 Å². The third-order valence-corrected chi connectivity index (χ3v) is 8.27. The van der Waals surface area contributed by atoms with Gasteiger partial charge in [0.1, 0.15) is 5.78 Å². The van der Waals surface area contributed by atoms with Crippen LogP contribution in [0.3, 0.4) is 0 Å². The van der Waals surface area contributed by atoms with E-state index >= 15 is 0 Å². The lowest BCUT2D eigenvalue weighted by Crippen LogP contribution is -2.44. The van der Waals surface area contributed by atoms with Gasteiger partial charge in [0, 0.05) is 12.8 Å². The quantitative estimate of drug-likeness (QED) is 0.561. The first-order valence-corrected chi connectivity index (χ1v) is 10.4. The van der Waals surface area contributed by atoms with Crippen LogP contribution in [0.4, 0.5) is 0 Å². The predicted octanol–water partition coefficient (Wildman–Crippen LogP) is 6.24. The van der Waals surface area contributed by atoms with Crippen LogP contribution in [0.25, 0.3) is 0 Å². The zero-order valence-electron chi connectivity index (χ0n) is 15.7. The summed E-state index contributed by atoms with van der Waals surface area (Å²) >= 11 is 0. The zero-order chi connectivity index (χ0) is 16.9. The largest absolute Gasteiger partial charge is 0.299 e. The molecule has 0 amide bonds. The fraction of sp³-hybridized carbons (Fsp3) is 0.783. The Hall–Kier alpha value is -0.850. The Kier molecular flexibility index (Phi) is 4.25. The van der Waals surface area contributed by atoms with Gasteiger partial charge in [-0.05, 0) is 80.5 Å². The van der Waals surface area contributed by atoms with E-state index in [2.05, 4.69) is 20.4 Å². The standard InChI is InChI=1S/C23H34O/c1-4-5-15(2)21-10-11-22-20-8-6-16-14-17(24)7-9-18(16)19(20)12-13-23(21,22)3/h19-22H,2,4-14H2,1,3H3. The minimum atomic E-state index is 0.490. The van der Waals surface area contributed by atoms with Gasteiger partial charge in [0.2, 0.25) is 0 Å². The lowest BCUT2D eigenvalue weighted by molar-refractivity contribution is -0.119. The normalized spacial score (nSPS) is 41.7. The molecule has 2 saturated carbocycles. The second-order valence-electron chi connectivity index (χ2n) is 9.34. The summed E-state index contributed by atoms with van der Waals surface area (Å²) in [4.78, 5) is 11.8. The van der Waals surface area contributed by atoms with Crippen LogP contribution in [-0.2, 0) is 4.79 Å². The van der Waals surface area contributed by atoms with Gasteiger partial charge in [0.15, 0.2) is 0 Å². The van der Waals surface area contributed by atoms with Crippen molar-refractivity contribution in [3.05, 3.63) is 23.3 Å². The lowest BCUT2D eigenvalue weighted by atomic mass is 9.52. The smallest absolute Gasteiger partial charge is 0.137 e. The number of carbonyl (C=O) groups is 1. The molecule has 5 unspecified atom stereocenters. The van der Waals surface area contributed by atoms with Crippen LogP contribution >= 0.6 is 0 Å². The van der Waals surface area contributed by atoms with Gasteiger partial charge >= 0.3 is 0 Å². The first-order valence-electron chi connectivity index (χ1n) is 10.4. The van der Waals surface area contributed by atoms with E-state index in [9.17, 15) is 4.79 Å². The first kappa shape index (κ1) is 16.6. The van der Waals surface area contributed by atoms with Crippen molar-refractivity contribution in [1.29, 1.82) is 0 Å². The molecular weight excluding hydrogens is 292 g/mol. The van der Waals surface area contributed by atoms with Gasteiger partial charge in [-0.15, -0.1) is 0 Å². The molecule has 4 rings (SSSR count). The Bertz CT molecular complexity index is 583. The van der Waals surface area contributed by atoms with E-state index < -0.39 is 0 Å². The van der Waals surface area contributed by atoms with Crippen molar-refractivity contribution in [3.63, 3.8) is 0 Å². The average molecular weight is 327 g/mol. The number of rotatable bonds is 3. The third kappa shape index (κ3) is 2.45. The molecule has 0 N–H and O–H groups in total. The lowest BCUT2D eigenvalue weighted by Gasteiger charge is -2.52. The van der Waals surface area contributed by atoms with Crippen molar-refractivity contribution in [2.45, 2.75) is 84.5 Å². The number of hydrogen-bond donors (Lipinski definition) is 0. The Morgan fingerprint density at radius 3 is 2.79 bits per heavy atom. The highest BCUT2D eigenvalue weighted by Crippen LogP contribution is 2.64. The molecule has 0 radical (unpaired) electrons. The number of Topliss-reactive ketones (excluding diaryl/α,β-unsaturated/α-hetero) is 1. The maximum atomic E-state index is 11.8. The summed E-state index contributed by atoms with van der Waals surface area (Å²) in [6.07, 6.45) is 13.3. The average Bonchev–Trinajstić information content (AvgIpc) is 2.92. The van der Waals surface area contributed by atoms with E-state index in [0.717, 1.165) is 42.9 Å². The highest BCUT2D eigenvalue weighted by molar-refractivity contribution is 5.82. The van der Waals surface area contributed by atoms with Gasteiger partial charge in [0.05, 0.1) is 0 Å².